The molecule has 0 saturated heterocycles. The van der Waals surface area contributed by atoms with Gasteiger partial charge < -0.3 is 10.2 Å². The summed E-state index contributed by atoms with van der Waals surface area (Å²) in [5.74, 6) is -0.851. The summed E-state index contributed by atoms with van der Waals surface area (Å²) in [7, 11) is 0. The normalized spacial score (nSPS) is 10.9. The van der Waals surface area contributed by atoms with E-state index in [9.17, 15) is 10.2 Å². The third-order valence-electron chi connectivity index (χ3n) is 5.03. The molecule has 0 atom stereocenters. The third-order valence-corrected chi connectivity index (χ3v) is 5.03. The molecule has 3 rings (SSSR count). The van der Waals surface area contributed by atoms with Crippen LogP contribution >= 0.6 is 0 Å². The Labute approximate surface area is 214 Å². The van der Waals surface area contributed by atoms with Crippen LogP contribution in [0.2, 0.25) is 0 Å². The zero-order valence-electron chi connectivity index (χ0n) is 20.1. The Hall–Kier alpha value is -2.91. The molecule has 0 N–H and O–H groups in total. The summed E-state index contributed by atoms with van der Waals surface area (Å²) in [6.07, 6.45) is 10.7. The molecule has 0 amide bonds. The largest absolute Gasteiger partial charge is 2.00 e. The van der Waals surface area contributed by atoms with Crippen LogP contribution in [0.4, 0.5) is 11.4 Å². The minimum absolute atomic E-state index is 0. The number of benzene rings is 3. The Kier molecular flexibility index (Phi) is 15.0. The molecule has 0 spiro atoms. The summed E-state index contributed by atoms with van der Waals surface area (Å²) < 4.78 is 0. The molecule has 3 aromatic rings. The van der Waals surface area contributed by atoms with Gasteiger partial charge in [0.25, 0.3) is 0 Å². The number of aryl methyl sites for hydroxylation is 1. The Morgan fingerprint density at radius 1 is 0.735 bits per heavy atom. The first-order valence-electron chi connectivity index (χ1n) is 11.7. The summed E-state index contributed by atoms with van der Waals surface area (Å²) in [5, 5.41) is 21.0. The minimum Gasteiger partial charge on any atom is -0.873 e. The molecule has 0 fully saturated rings. The van der Waals surface area contributed by atoms with E-state index >= 15 is 0 Å². The molecule has 182 valence electrons. The van der Waals surface area contributed by atoms with Crippen molar-refractivity contribution in [1.29, 1.82) is 0 Å². The average molecular weight is 501 g/mol. The van der Waals surface area contributed by atoms with Crippen molar-refractivity contribution in [2.45, 2.75) is 58.8 Å². The molecule has 5 heteroatoms. The van der Waals surface area contributed by atoms with Crippen molar-refractivity contribution in [3.8, 4) is 11.5 Å². The predicted molar refractivity (Wildman–Crippen MR) is 136 cm³/mol. The van der Waals surface area contributed by atoms with E-state index in [0.717, 1.165) is 29.1 Å². The zero-order chi connectivity index (χ0) is 23.7. The van der Waals surface area contributed by atoms with Crippen LogP contribution in [-0.2, 0) is 16.5 Å². The van der Waals surface area contributed by atoms with Gasteiger partial charge in [0.15, 0.2) is 0 Å². The van der Waals surface area contributed by atoms with Crippen LogP contribution in [0, 0.1) is 6.92 Å². The number of para-hydroxylation sites is 2. The maximum absolute atomic E-state index is 10.5. The van der Waals surface area contributed by atoms with Crippen LogP contribution in [0.3, 0.4) is 0 Å². The van der Waals surface area contributed by atoms with Crippen molar-refractivity contribution in [3.05, 3.63) is 84.4 Å². The van der Waals surface area contributed by atoms with Crippen LogP contribution in [0.15, 0.2) is 88.8 Å². The molecule has 3 aromatic carbocycles. The smallest absolute Gasteiger partial charge is 0.873 e. The first kappa shape index (κ1) is 29.1. The molecule has 0 saturated carbocycles. The summed E-state index contributed by atoms with van der Waals surface area (Å²) in [5.41, 5.74) is 3.86. The second-order valence-corrected chi connectivity index (χ2v) is 8.00. The number of nitrogens with zero attached hydrogens (tertiary/aromatic N) is 2. The summed E-state index contributed by atoms with van der Waals surface area (Å²) >= 11 is 0. The van der Waals surface area contributed by atoms with Crippen LogP contribution in [-0.4, -0.2) is 11.9 Å². The van der Waals surface area contributed by atoms with E-state index in [0.29, 0.717) is 0 Å². The van der Waals surface area contributed by atoms with E-state index in [2.05, 4.69) is 11.9 Å². The van der Waals surface area contributed by atoms with E-state index in [1.165, 1.54) is 50.7 Å². The van der Waals surface area contributed by atoms with Crippen LogP contribution in [0.5, 0.6) is 11.5 Å². The first-order valence-corrected chi connectivity index (χ1v) is 11.7. The van der Waals surface area contributed by atoms with Gasteiger partial charge in [0.1, 0.15) is 0 Å². The predicted octanol–water partition coefficient (Wildman–Crippen LogP) is 7.05. The molecule has 0 aromatic heterocycles. The fourth-order valence-electron chi connectivity index (χ4n) is 3.18. The van der Waals surface area contributed by atoms with Gasteiger partial charge in [0, 0.05) is 6.21 Å². The molecule has 0 aliphatic carbocycles. The Bertz CT molecular complexity index is 990. The number of rotatable bonds is 10. The maximum Gasteiger partial charge on any atom is 2.00 e. The van der Waals surface area contributed by atoms with Crippen LogP contribution < -0.4 is 10.2 Å². The first-order chi connectivity index (χ1) is 16.1. The molecule has 0 unspecified atom stereocenters. The second-order valence-electron chi connectivity index (χ2n) is 8.00. The second kappa shape index (κ2) is 17.6. The van der Waals surface area contributed by atoms with Gasteiger partial charge in [0.2, 0.25) is 0 Å². The topological polar surface area (TPSA) is 70.8 Å². The van der Waals surface area contributed by atoms with Gasteiger partial charge in [-0.15, -0.1) is 11.5 Å². The van der Waals surface area contributed by atoms with Gasteiger partial charge in [-0.3, -0.25) is 9.98 Å². The van der Waals surface area contributed by atoms with E-state index in [-0.39, 0.29) is 16.5 Å². The molecular formula is C29H34N2NiO2. The van der Waals surface area contributed by atoms with Gasteiger partial charge >= 0.3 is 16.5 Å². The number of hydrogen-bond acceptors (Lipinski definition) is 4. The Morgan fingerprint density at radius 3 is 1.91 bits per heavy atom. The Balaban J connectivity index is 0.000000486. The molecule has 4 nitrogen and oxygen atoms in total. The molecular weight excluding hydrogens is 467 g/mol. The van der Waals surface area contributed by atoms with Crippen molar-refractivity contribution >= 4 is 23.3 Å². The number of unbranched alkanes of at least 4 members (excludes halogenated alkanes) is 5. The third kappa shape index (κ3) is 12.4. The van der Waals surface area contributed by atoms with Gasteiger partial charge in [-0.2, -0.15) is 0 Å². The van der Waals surface area contributed by atoms with E-state index in [4.69, 9.17) is 4.99 Å². The molecule has 0 bridgehead atoms. The van der Waals surface area contributed by atoms with Crippen molar-refractivity contribution in [2.24, 2.45) is 9.98 Å². The van der Waals surface area contributed by atoms with Gasteiger partial charge in [0.05, 0.1) is 17.1 Å². The average Bonchev–Trinajstić information content (AvgIpc) is 2.84. The van der Waals surface area contributed by atoms with Crippen molar-refractivity contribution in [3.63, 3.8) is 0 Å². The molecule has 0 radical (unpaired) electrons. The summed E-state index contributed by atoms with van der Waals surface area (Å²) in [6, 6.07) is 24.5. The fourth-order valence-corrected chi connectivity index (χ4v) is 3.18. The van der Waals surface area contributed by atoms with Gasteiger partial charge in [-0.1, -0.05) is 99.2 Å². The van der Waals surface area contributed by atoms with Crippen LogP contribution in [0.1, 0.15) is 57.4 Å². The number of aliphatic imine (C=N–C) groups is 2. The van der Waals surface area contributed by atoms with Crippen molar-refractivity contribution in [2.75, 3.05) is 0 Å². The molecule has 0 aliphatic rings. The van der Waals surface area contributed by atoms with Crippen molar-refractivity contribution < 1.29 is 26.7 Å². The van der Waals surface area contributed by atoms with E-state index in [1.807, 2.05) is 66.9 Å². The molecule has 0 heterocycles. The monoisotopic (exact) mass is 500 g/mol. The van der Waals surface area contributed by atoms with Gasteiger partial charge in [-0.05, 0) is 44.0 Å². The SMILES string of the molecule is CCCCCCCCC(C=Nc1ccccc1)=Nc1ccccc1.Cc1ccc([O-])c([O-])c1.[Ni+2]. The number of hydrogen-bond donors (Lipinski definition) is 0. The van der Waals surface area contributed by atoms with Gasteiger partial charge in [-0.25, -0.2) is 0 Å². The minimum atomic E-state index is -0.430. The Morgan fingerprint density at radius 2 is 1.32 bits per heavy atom. The summed E-state index contributed by atoms with van der Waals surface area (Å²) in [6.45, 7) is 4.03. The van der Waals surface area contributed by atoms with Crippen molar-refractivity contribution in [1.82, 2.24) is 0 Å². The molecule has 34 heavy (non-hydrogen) atoms. The molecule has 0 aliphatic heterocycles. The van der Waals surface area contributed by atoms with E-state index < -0.39 is 11.5 Å². The zero-order valence-corrected chi connectivity index (χ0v) is 21.0. The quantitative estimate of drug-likeness (QED) is 0.170. The van der Waals surface area contributed by atoms with E-state index in [1.54, 1.807) is 13.0 Å². The van der Waals surface area contributed by atoms with Crippen LogP contribution in [0.25, 0.3) is 0 Å². The maximum atomic E-state index is 10.5. The standard InChI is InChI=1S/C22H28N2.C7H8O2.Ni/c1-2-3-4-5-6-9-18-22(24-21-16-12-8-13-17-21)19-23-20-14-10-7-11-15-20;1-5-2-3-6(8)7(9)4-5;/h7-8,10-17,19H,2-6,9,18H2,1H3;2-4,8-9H,1H3;/q;;+2/p-2. The fraction of sp³-hybridized carbons (Fsp3) is 0.310. The summed E-state index contributed by atoms with van der Waals surface area (Å²) in [4.78, 5) is 9.35.